The SMILES string of the molecule is COC(=O)c1cc(F)c(Br)cc1O[C@@H](C)C(F)(F)F. The van der Waals surface area contributed by atoms with Gasteiger partial charge in [-0.05, 0) is 35.0 Å². The van der Waals surface area contributed by atoms with Gasteiger partial charge in [0.1, 0.15) is 17.1 Å². The van der Waals surface area contributed by atoms with Crippen LogP contribution in [0.4, 0.5) is 17.6 Å². The molecule has 19 heavy (non-hydrogen) atoms. The van der Waals surface area contributed by atoms with Gasteiger partial charge < -0.3 is 9.47 Å². The number of carbonyl (C=O) groups is 1. The Kier molecular flexibility index (Phi) is 4.78. The lowest BCUT2D eigenvalue weighted by molar-refractivity contribution is -0.189. The maximum Gasteiger partial charge on any atom is 0.425 e. The van der Waals surface area contributed by atoms with Crippen LogP contribution in [0.1, 0.15) is 17.3 Å². The molecule has 0 aliphatic rings. The summed E-state index contributed by atoms with van der Waals surface area (Å²) in [5.74, 6) is -2.21. The molecule has 0 aliphatic carbocycles. The van der Waals surface area contributed by atoms with Gasteiger partial charge in [-0.3, -0.25) is 0 Å². The summed E-state index contributed by atoms with van der Waals surface area (Å²) in [5.41, 5.74) is -0.417. The highest BCUT2D eigenvalue weighted by Gasteiger charge is 2.38. The Morgan fingerprint density at radius 1 is 1.37 bits per heavy atom. The number of benzene rings is 1. The van der Waals surface area contributed by atoms with Gasteiger partial charge in [-0.15, -0.1) is 0 Å². The number of alkyl halides is 3. The van der Waals surface area contributed by atoms with E-state index >= 15 is 0 Å². The first-order valence-corrected chi connectivity index (χ1v) is 5.76. The topological polar surface area (TPSA) is 35.5 Å². The highest BCUT2D eigenvalue weighted by atomic mass is 79.9. The minimum Gasteiger partial charge on any atom is -0.480 e. The number of rotatable bonds is 3. The molecule has 0 N–H and O–H groups in total. The van der Waals surface area contributed by atoms with Crippen LogP contribution >= 0.6 is 15.9 Å². The van der Waals surface area contributed by atoms with E-state index in [0.29, 0.717) is 0 Å². The van der Waals surface area contributed by atoms with E-state index in [1.165, 1.54) is 0 Å². The van der Waals surface area contributed by atoms with Crippen LogP contribution in [-0.4, -0.2) is 25.4 Å². The summed E-state index contributed by atoms with van der Waals surface area (Å²) in [5, 5.41) is 0. The van der Waals surface area contributed by atoms with Crippen LogP contribution in [0.2, 0.25) is 0 Å². The predicted octanol–water partition coefficient (Wildman–Crippen LogP) is 3.70. The molecule has 0 saturated carbocycles. The second-order valence-electron chi connectivity index (χ2n) is 3.56. The number of ether oxygens (including phenoxy) is 2. The van der Waals surface area contributed by atoms with Crippen molar-refractivity contribution in [3.05, 3.63) is 28.0 Å². The molecule has 1 aromatic rings. The van der Waals surface area contributed by atoms with Crippen molar-refractivity contribution in [1.82, 2.24) is 0 Å². The number of hydrogen-bond acceptors (Lipinski definition) is 3. The molecule has 106 valence electrons. The van der Waals surface area contributed by atoms with E-state index in [2.05, 4.69) is 25.4 Å². The van der Waals surface area contributed by atoms with E-state index < -0.39 is 35.4 Å². The molecule has 0 spiro atoms. The minimum atomic E-state index is -4.60. The van der Waals surface area contributed by atoms with Crippen molar-refractivity contribution in [2.75, 3.05) is 7.11 Å². The molecule has 3 nitrogen and oxygen atoms in total. The molecule has 0 amide bonds. The summed E-state index contributed by atoms with van der Waals surface area (Å²) < 4.78 is 59.4. The van der Waals surface area contributed by atoms with Crippen molar-refractivity contribution in [3.63, 3.8) is 0 Å². The normalized spacial score (nSPS) is 13.0. The maximum absolute atomic E-state index is 13.3. The van der Waals surface area contributed by atoms with Gasteiger partial charge >= 0.3 is 12.1 Å². The fourth-order valence-corrected chi connectivity index (χ4v) is 1.48. The van der Waals surface area contributed by atoms with Gasteiger partial charge in [0.05, 0.1) is 11.6 Å². The fraction of sp³-hybridized carbons (Fsp3) is 0.364. The van der Waals surface area contributed by atoms with Gasteiger partial charge in [0, 0.05) is 0 Å². The maximum atomic E-state index is 13.3. The number of methoxy groups -OCH3 is 1. The molecule has 1 aromatic carbocycles. The second kappa shape index (κ2) is 5.77. The van der Waals surface area contributed by atoms with Crippen LogP contribution < -0.4 is 4.74 Å². The highest BCUT2D eigenvalue weighted by Crippen LogP contribution is 2.31. The molecule has 0 heterocycles. The summed E-state index contributed by atoms with van der Waals surface area (Å²) in [6.07, 6.45) is -6.75. The predicted molar refractivity (Wildman–Crippen MR) is 61.6 cm³/mol. The largest absolute Gasteiger partial charge is 0.480 e. The highest BCUT2D eigenvalue weighted by molar-refractivity contribution is 9.10. The van der Waals surface area contributed by atoms with Crippen molar-refractivity contribution in [2.24, 2.45) is 0 Å². The minimum absolute atomic E-state index is 0.121. The zero-order valence-corrected chi connectivity index (χ0v) is 11.4. The van der Waals surface area contributed by atoms with Gasteiger partial charge in [0.25, 0.3) is 0 Å². The first kappa shape index (κ1) is 15.7. The van der Waals surface area contributed by atoms with Gasteiger partial charge in [-0.25, -0.2) is 9.18 Å². The Morgan fingerprint density at radius 3 is 2.42 bits per heavy atom. The number of halogens is 5. The lowest BCUT2D eigenvalue weighted by atomic mass is 10.2. The molecule has 0 radical (unpaired) electrons. The molecule has 0 saturated heterocycles. The molecule has 0 bridgehead atoms. The monoisotopic (exact) mass is 344 g/mol. The van der Waals surface area contributed by atoms with Gasteiger partial charge in [0.2, 0.25) is 0 Å². The third kappa shape index (κ3) is 3.82. The van der Waals surface area contributed by atoms with Crippen LogP contribution in [0.3, 0.4) is 0 Å². The van der Waals surface area contributed by atoms with Gasteiger partial charge in [-0.1, -0.05) is 0 Å². The van der Waals surface area contributed by atoms with Crippen molar-refractivity contribution in [2.45, 2.75) is 19.2 Å². The quantitative estimate of drug-likeness (QED) is 0.619. The first-order valence-electron chi connectivity index (χ1n) is 4.97. The summed E-state index contributed by atoms with van der Waals surface area (Å²) in [7, 11) is 1.03. The number of hydrogen-bond donors (Lipinski definition) is 0. The average Bonchev–Trinajstić information content (AvgIpc) is 2.31. The second-order valence-corrected chi connectivity index (χ2v) is 4.41. The zero-order chi connectivity index (χ0) is 14.8. The third-order valence-electron chi connectivity index (χ3n) is 2.19. The molecule has 0 fully saturated rings. The van der Waals surface area contributed by atoms with E-state index in [9.17, 15) is 22.4 Å². The Morgan fingerprint density at radius 2 is 1.95 bits per heavy atom. The van der Waals surface area contributed by atoms with Crippen molar-refractivity contribution < 1.29 is 31.8 Å². The van der Waals surface area contributed by atoms with Crippen LogP contribution in [-0.2, 0) is 4.74 Å². The van der Waals surface area contributed by atoms with Crippen molar-refractivity contribution >= 4 is 21.9 Å². The van der Waals surface area contributed by atoms with Crippen molar-refractivity contribution in [3.8, 4) is 5.75 Å². The third-order valence-corrected chi connectivity index (χ3v) is 2.80. The molecular formula is C11H9BrF4O3. The van der Waals surface area contributed by atoms with Crippen LogP contribution in [0, 0.1) is 5.82 Å². The Bertz CT molecular complexity index is 488. The summed E-state index contributed by atoms with van der Waals surface area (Å²) in [6, 6.07) is 1.69. The molecule has 8 heteroatoms. The molecule has 1 rings (SSSR count). The molecule has 0 unspecified atom stereocenters. The molecule has 1 atom stereocenters. The number of esters is 1. The van der Waals surface area contributed by atoms with E-state index in [4.69, 9.17) is 0 Å². The molecule has 0 aliphatic heterocycles. The van der Waals surface area contributed by atoms with Crippen molar-refractivity contribution in [1.29, 1.82) is 0 Å². The Balaban J connectivity index is 3.18. The summed E-state index contributed by atoms with van der Waals surface area (Å²) >= 11 is 2.80. The fourth-order valence-electron chi connectivity index (χ4n) is 1.15. The molecule has 0 aromatic heterocycles. The summed E-state index contributed by atoms with van der Waals surface area (Å²) in [4.78, 5) is 11.4. The van der Waals surface area contributed by atoms with Crippen LogP contribution in [0.25, 0.3) is 0 Å². The lowest BCUT2D eigenvalue weighted by Gasteiger charge is -2.19. The summed E-state index contributed by atoms with van der Waals surface area (Å²) in [6.45, 7) is 0.776. The smallest absolute Gasteiger partial charge is 0.425 e. The number of carbonyl (C=O) groups excluding carboxylic acids is 1. The lowest BCUT2D eigenvalue weighted by Crippen LogP contribution is -2.31. The Hall–Kier alpha value is -1.31. The van der Waals surface area contributed by atoms with E-state index in [0.717, 1.165) is 26.2 Å². The van der Waals surface area contributed by atoms with E-state index in [1.54, 1.807) is 0 Å². The Labute approximate surface area is 114 Å². The standard InChI is InChI=1S/C11H9BrF4O3/c1-5(11(14,15)16)19-9-4-7(12)8(13)3-6(9)10(17)18-2/h3-5H,1-2H3/t5-/m0/s1. The van der Waals surface area contributed by atoms with Gasteiger partial charge in [0.15, 0.2) is 6.10 Å². The molecular weight excluding hydrogens is 336 g/mol. The van der Waals surface area contributed by atoms with E-state index in [1.807, 2.05) is 0 Å². The van der Waals surface area contributed by atoms with E-state index in [-0.39, 0.29) is 4.47 Å². The average molecular weight is 345 g/mol. The van der Waals surface area contributed by atoms with Crippen LogP contribution in [0.5, 0.6) is 5.75 Å². The van der Waals surface area contributed by atoms with Gasteiger partial charge in [-0.2, -0.15) is 13.2 Å². The zero-order valence-electron chi connectivity index (χ0n) is 9.85. The van der Waals surface area contributed by atoms with Crippen LogP contribution in [0.15, 0.2) is 16.6 Å². The first-order chi connectivity index (χ1) is 8.66.